The summed E-state index contributed by atoms with van der Waals surface area (Å²) in [4.78, 5) is 2.68. The van der Waals surface area contributed by atoms with Gasteiger partial charge in [0.2, 0.25) is 0 Å². The Bertz CT molecular complexity index is 274. The molecule has 4 unspecified atom stereocenters. The molecular weight excluding hydrogens is 220 g/mol. The minimum Gasteiger partial charge on any atom is -0.327 e. The maximum atomic E-state index is 6.51. The van der Waals surface area contributed by atoms with Crippen molar-refractivity contribution in [1.29, 1.82) is 0 Å². The van der Waals surface area contributed by atoms with Crippen LogP contribution in [0, 0.1) is 23.2 Å². The van der Waals surface area contributed by atoms with E-state index in [2.05, 4.69) is 32.6 Å². The molecule has 0 aromatic rings. The van der Waals surface area contributed by atoms with E-state index in [1.807, 2.05) is 0 Å². The second-order valence-corrected chi connectivity index (χ2v) is 7.67. The fraction of sp³-hybridized carbons (Fsp3) is 1.00. The molecule has 1 saturated heterocycles. The van der Waals surface area contributed by atoms with Crippen LogP contribution >= 0.6 is 0 Å². The van der Waals surface area contributed by atoms with Gasteiger partial charge in [0.05, 0.1) is 0 Å². The fourth-order valence-electron chi connectivity index (χ4n) is 3.86. The highest BCUT2D eigenvalue weighted by molar-refractivity contribution is 4.93. The van der Waals surface area contributed by atoms with E-state index >= 15 is 0 Å². The lowest BCUT2D eigenvalue weighted by Crippen LogP contribution is -2.51. The van der Waals surface area contributed by atoms with E-state index in [-0.39, 0.29) is 0 Å². The number of hydrogen-bond acceptors (Lipinski definition) is 2. The van der Waals surface area contributed by atoms with Crippen molar-refractivity contribution in [3.8, 4) is 0 Å². The van der Waals surface area contributed by atoms with Crippen LogP contribution in [0.4, 0.5) is 0 Å². The molecule has 2 rings (SSSR count). The predicted molar refractivity (Wildman–Crippen MR) is 78.5 cm³/mol. The molecule has 0 amide bonds. The zero-order valence-corrected chi connectivity index (χ0v) is 12.8. The van der Waals surface area contributed by atoms with Crippen LogP contribution in [-0.4, -0.2) is 30.6 Å². The van der Waals surface area contributed by atoms with Gasteiger partial charge in [-0.3, -0.25) is 0 Å². The van der Waals surface area contributed by atoms with Gasteiger partial charge in [-0.1, -0.05) is 34.1 Å². The molecule has 1 heterocycles. The van der Waals surface area contributed by atoms with Crippen molar-refractivity contribution in [2.45, 2.75) is 59.4 Å². The number of rotatable bonds is 2. The van der Waals surface area contributed by atoms with Crippen molar-refractivity contribution in [2.75, 3.05) is 19.6 Å². The first-order valence-corrected chi connectivity index (χ1v) is 7.88. The van der Waals surface area contributed by atoms with Gasteiger partial charge < -0.3 is 10.6 Å². The smallest absolute Gasteiger partial charge is 0.0131 e. The quantitative estimate of drug-likeness (QED) is 0.818. The van der Waals surface area contributed by atoms with Gasteiger partial charge in [-0.15, -0.1) is 0 Å². The number of nitrogens with two attached hydrogens (primary N) is 1. The van der Waals surface area contributed by atoms with Crippen molar-refractivity contribution >= 4 is 0 Å². The van der Waals surface area contributed by atoms with Crippen LogP contribution in [-0.2, 0) is 0 Å². The molecule has 4 atom stereocenters. The van der Waals surface area contributed by atoms with Crippen LogP contribution in [0.15, 0.2) is 0 Å². The number of likely N-dealkylation sites (tertiary alicyclic amines) is 1. The molecule has 2 nitrogen and oxygen atoms in total. The third-order valence-corrected chi connectivity index (χ3v) is 5.72. The van der Waals surface area contributed by atoms with E-state index < -0.39 is 0 Å². The lowest BCUT2D eigenvalue weighted by Gasteiger charge is -2.45. The number of hydrogen-bond donors (Lipinski definition) is 1. The fourth-order valence-corrected chi connectivity index (χ4v) is 3.86. The maximum Gasteiger partial charge on any atom is 0.0131 e. The summed E-state index contributed by atoms with van der Waals surface area (Å²) < 4.78 is 0. The summed E-state index contributed by atoms with van der Waals surface area (Å²) in [5.74, 6) is 2.47. The van der Waals surface area contributed by atoms with Crippen LogP contribution in [0.1, 0.15) is 53.4 Å². The van der Waals surface area contributed by atoms with E-state index in [1.165, 1.54) is 45.3 Å². The largest absolute Gasteiger partial charge is 0.327 e. The van der Waals surface area contributed by atoms with Gasteiger partial charge in [-0.25, -0.2) is 0 Å². The minimum atomic E-state index is 0.345. The molecule has 1 aliphatic carbocycles. The summed E-state index contributed by atoms with van der Waals surface area (Å²) in [6.45, 7) is 13.3. The van der Waals surface area contributed by atoms with Gasteiger partial charge in [0.25, 0.3) is 0 Å². The van der Waals surface area contributed by atoms with Crippen molar-refractivity contribution in [3.63, 3.8) is 0 Å². The second-order valence-electron chi connectivity index (χ2n) is 7.67. The maximum absolute atomic E-state index is 6.51. The highest BCUT2D eigenvalue weighted by atomic mass is 15.1. The number of piperidine rings is 1. The average molecular weight is 252 g/mol. The highest BCUT2D eigenvalue weighted by Crippen LogP contribution is 2.38. The molecular formula is C16H32N2. The molecule has 2 heteroatoms. The van der Waals surface area contributed by atoms with Crippen LogP contribution in [0.5, 0.6) is 0 Å². The molecule has 106 valence electrons. The molecule has 0 spiro atoms. The molecule has 1 aliphatic heterocycles. The van der Waals surface area contributed by atoms with Gasteiger partial charge in [-0.2, -0.15) is 0 Å². The highest BCUT2D eigenvalue weighted by Gasteiger charge is 2.37. The summed E-state index contributed by atoms with van der Waals surface area (Å²) in [5.41, 5.74) is 6.85. The van der Waals surface area contributed by atoms with Crippen LogP contribution in [0.3, 0.4) is 0 Å². The summed E-state index contributed by atoms with van der Waals surface area (Å²) in [5, 5.41) is 0. The zero-order chi connectivity index (χ0) is 13.3. The molecule has 2 N–H and O–H groups in total. The molecule has 0 bridgehead atoms. The van der Waals surface area contributed by atoms with Gasteiger partial charge in [0.15, 0.2) is 0 Å². The Hall–Kier alpha value is -0.0800. The Labute approximate surface area is 113 Å². The first kappa shape index (κ1) is 14.3. The van der Waals surface area contributed by atoms with Gasteiger partial charge in [-0.05, 0) is 49.0 Å². The molecule has 0 aromatic heterocycles. The first-order chi connectivity index (χ1) is 8.40. The van der Waals surface area contributed by atoms with Crippen molar-refractivity contribution in [2.24, 2.45) is 28.9 Å². The van der Waals surface area contributed by atoms with Crippen LogP contribution < -0.4 is 5.73 Å². The lowest BCUT2D eigenvalue weighted by atomic mass is 9.68. The topological polar surface area (TPSA) is 29.3 Å². The Balaban J connectivity index is 1.89. The zero-order valence-electron chi connectivity index (χ0n) is 12.8. The molecule has 0 radical (unpaired) electrons. The molecule has 2 aliphatic rings. The van der Waals surface area contributed by atoms with E-state index in [4.69, 9.17) is 5.73 Å². The van der Waals surface area contributed by atoms with Crippen molar-refractivity contribution in [3.05, 3.63) is 0 Å². The third-order valence-electron chi connectivity index (χ3n) is 5.72. The molecule has 0 aromatic carbocycles. The van der Waals surface area contributed by atoms with Gasteiger partial charge in [0, 0.05) is 19.1 Å². The monoisotopic (exact) mass is 252 g/mol. The standard InChI is InChI=1S/C16H32N2/c1-12-7-9-18(10-13(12)2)11-14-6-5-8-16(3,4)15(14)17/h12-15H,5-11,17H2,1-4H3. The van der Waals surface area contributed by atoms with Crippen LogP contribution in [0.25, 0.3) is 0 Å². The third kappa shape index (κ3) is 3.08. The average Bonchev–Trinajstić information content (AvgIpc) is 2.30. The van der Waals surface area contributed by atoms with E-state index in [0.29, 0.717) is 17.4 Å². The Kier molecular flexibility index (Phi) is 4.38. The summed E-state index contributed by atoms with van der Waals surface area (Å²) in [7, 11) is 0. The number of nitrogens with zero attached hydrogens (tertiary/aromatic N) is 1. The molecule has 18 heavy (non-hydrogen) atoms. The van der Waals surface area contributed by atoms with E-state index in [0.717, 1.165) is 11.8 Å². The van der Waals surface area contributed by atoms with Crippen molar-refractivity contribution in [1.82, 2.24) is 4.90 Å². The van der Waals surface area contributed by atoms with Gasteiger partial charge >= 0.3 is 0 Å². The second kappa shape index (κ2) is 5.50. The predicted octanol–water partition coefficient (Wildman–Crippen LogP) is 3.12. The molecule has 1 saturated carbocycles. The first-order valence-electron chi connectivity index (χ1n) is 7.88. The Morgan fingerprint density at radius 2 is 1.89 bits per heavy atom. The minimum absolute atomic E-state index is 0.345. The normalized spacial score (nSPS) is 41.8. The van der Waals surface area contributed by atoms with Gasteiger partial charge in [0.1, 0.15) is 0 Å². The van der Waals surface area contributed by atoms with Crippen LogP contribution in [0.2, 0.25) is 0 Å². The Morgan fingerprint density at radius 3 is 2.56 bits per heavy atom. The Morgan fingerprint density at radius 1 is 1.17 bits per heavy atom. The van der Waals surface area contributed by atoms with Crippen molar-refractivity contribution < 1.29 is 0 Å². The summed E-state index contributed by atoms with van der Waals surface area (Å²) >= 11 is 0. The summed E-state index contributed by atoms with van der Waals surface area (Å²) in [6, 6.07) is 0.390. The van der Waals surface area contributed by atoms with E-state index in [9.17, 15) is 0 Å². The SMILES string of the molecule is CC1CCN(CC2CCCC(C)(C)C2N)CC1C. The van der Waals surface area contributed by atoms with E-state index in [1.54, 1.807) is 0 Å². The lowest BCUT2D eigenvalue weighted by molar-refractivity contribution is 0.0704. The summed E-state index contributed by atoms with van der Waals surface area (Å²) in [6.07, 6.45) is 5.38. The molecule has 2 fully saturated rings.